The molecule has 1 amide bonds. The highest BCUT2D eigenvalue weighted by molar-refractivity contribution is 7.92. The molecule has 2 aromatic carbocycles. The third-order valence-corrected chi connectivity index (χ3v) is 6.81. The van der Waals surface area contributed by atoms with Crippen molar-refractivity contribution in [1.29, 1.82) is 0 Å². The first kappa shape index (κ1) is 22.1. The highest BCUT2D eigenvalue weighted by Gasteiger charge is 2.31. The summed E-state index contributed by atoms with van der Waals surface area (Å²) in [6.07, 6.45) is 0.571. The molecule has 1 N–H and O–H groups in total. The number of halogens is 1. The van der Waals surface area contributed by atoms with E-state index < -0.39 is 10.0 Å². The molecule has 1 aliphatic heterocycles. The number of benzene rings is 2. The van der Waals surface area contributed by atoms with E-state index in [1.165, 1.54) is 17.0 Å². The number of nitrogens with one attached hydrogen (secondary N) is 1. The van der Waals surface area contributed by atoms with Gasteiger partial charge in [0.15, 0.2) is 12.4 Å². The Morgan fingerprint density at radius 1 is 1.22 bits per heavy atom. The quantitative estimate of drug-likeness (QED) is 0.577. The molecule has 0 aliphatic carbocycles. The van der Waals surface area contributed by atoms with E-state index in [1.807, 2.05) is 32.9 Å². The van der Waals surface area contributed by atoms with Crippen LogP contribution >= 0.6 is 11.6 Å². The second-order valence-corrected chi connectivity index (χ2v) is 9.46. The van der Waals surface area contributed by atoms with E-state index in [0.29, 0.717) is 29.5 Å². The fourth-order valence-electron chi connectivity index (χ4n) is 3.35. The van der Waals surface area contributed by atoms with Crippen molar-refractivity contribution < 1.29 is 22.5 Å². The van der Waals surface area contributed by atoms with Crippen molar-refractivity contribution in [2.75, 3.05) is 16.2 Å². The average molecular weight is 477 g/mol. The van der Waals surface area contributed by atoms with E-state index in [0.717, 1.165) is 11.1 Å². The molecular weight excluding hydrogens is 456 g/mol. The maximum Gasteiger partial charge on any atom is 0.265 e. The van der Waals surface area contributed by atoms with Crippen LogP contribution < -0.4 is 14.4 Å². The van der Waals surface area contributed by atoms with Crippen LogP contribution in [0.2, 0.25) is 5.02 Å². The molecule has 11 heteroatoms. The minimum absolute atomic E-state index is 0.0436. The molecule has 9 nitrogen and oxygen atoms in total. The first-order valence-corrected chi connectivity index (χ1v) is 11.7. The third-order valence-electron chi connectivity index (χ3n) is 4.98. The molecule has 1 aliphatic rings. The molecule has 4 rings (SSSR count). The van der Waals surface area contributed by atoms with Gasteiger partial charge in [-0.3, -0.25) is 14.4 Å². The summed E-state index contributed by atoms with van der Waals surface area (Å²) in [5.74, 6) is 0.667. The van der Waals surface area contributed by atoms with E-state index >= 15 is 0 Å². The van der Waals surface area contributed by atoms with Crippen molar-refractivity contribution in [1.82, 2.24) is 10.1 Å². The van der Waals surface area contributed by atoms with E-state index in [1.54, 1.807) is 6.07 Å². The molecule has 0 bridgehead atoms. The molecule has 32 heavy (non-hydrogen) atoms. The Bertz CT molecular complexity index is 1310. The molecule has 0 fully saturated rings. The fraction of sp³-hybridized carbons (Fsp3) is 0.286. The number of hydrogen-bond donors (Lipinski definition) is 1. The van der Waals surface area contributed by atoms with E-state index in [9.17, 15) is 13.2 Å². The normalized spacial score (nSPS) is 13.6. The number of carbonyl (C=O) groups excluding carboxylic acids is 1. The van der Waals surface area contributed by atoms with Crippen molar-refractivity contribution in [2.24, 2.45) is 0 Å². The predicted octanol–water partition coefficient (Wildman–Crippen LogP) is 3.63. The standard InChI is InChI=1S/C21H21ClN4O5S/c1-4-20-23-19(24-31-20)10-26-16-8-14(22)18(9-17(16)30-11-21(26)27)32(28,29)25-15-6-5-12(2)7-13(15)3/h5-9,25H,4,10-11H2,1-3H3. The van der Waals surface area contributed by atoms with Crippen molar-refractivity contribution in [3.8, 4) is 5.75 Å². The Balaban J connectivity index is 1.67. The van der Waals surface area contributed by atoms with Crippen LogP contribution in [0, 0.1) is 13.8 Å². The van der Waals surface area contributed by atoms with Crippen LogP contribution in [-0.2, 0) is 27.8 Å². The van der Waals surface area contributed by atoms with Gasteiger partial charge >= 0.3 is 0 Å². The van der Waals surface area contributed by atoms with Crippen LogP contribution in [0.4, 0.5) is 11.4 Å². The first-order valence-electron chi connectivity index (χ1n) is 9.86. The Hall–Kier alpha value is -3.11. The zero-order chi connectivity index (χ0) is 23.0. The lowest BCUT2D eigenvalue weighted by atomic mass is 10.1. The zero-order valence-electron chi connectivity index (χ0n) is 17.7. The lowest BCUT2D eigenvalue weighted by Crippen LogP contribution is -2.38. The molecule has 0 atom stereocenters. The van der Waals surface area contributed by atoms with Crippen LogP contribution in [0.1, 0.15) is 29.8 Å². The Morgan fingerprint density at radius 2 is 2.00 bits per heavy atom. The highest BCUT2D eigenvalue weighted by Crippen LogP contribution is 2.39. The Kier molecular flexibility index (Phi) is 5.83. The number of nitrogens with zero attached hydrogens (tertiary/aromatic N) is 3. The van der Waals surface area contributed by atoms with Gasteiger partial charge in [-0.05, 0) is 31.5 Å². The largest absolute Gasteiger partial charge is 0.482 e. The number of carbonyl (C=O) groups is 1. The summed E-state index contributed by atoms with van der Waals surface area (Å²) in [6.45, 7) is 5.40. The highest BCUT2D eigenvalue weighted by atomic mass is 35.5. The minimum atomic E-state index is -4.01. The average Bonchev–Trinajstić information content (AvgIpc) is 3.20. The summed E-state index contributed by atoms with van der Waals surface area (Å²) in [4.78, 5) is 17.9. The summed E-state index contributed by atoms with van der Waals surface area (Å²) in [5, 5.41) is 3.82. The minimum Gasteiger partial charge on any atom is -0.482 e. The summed E-state index contributed by atoms with van der Waals surface area (Å²) in [7, 11) is -4.01. The molecule has 0 spiro atoms. The number of fused-ring (bicyclic) bond motifs is 1. The van der Waals surface area contributed by atoms with Crippen molar-refractivity contribution in [3.05, 3.63) is 58.2 Å². The van der Waals surface area contributed by atoms with Crippen molar-refractivity contribution in [2.45, 2.75) is 38.6 Å². The van der Waals surface area contributed by atoms with Gasteiger partial charge in [0, 0.05) is 12.5 Å². The predicted molar refractivity (Wildman–Crippen MR) is 119 cm³/mol. The second kappa shape index (κ2) is 8.44. The number of aromatic nitrogens is 2. The molecule has 3 aromatic rings. The van der Waals surface area contributed by atoms with Gasteiger partial charge in [-0.25, -0.2) is 8.42 Å². The summed E-state index contributed by atoms with van der Waals surface area (Å²) < 4.78 is 39.3. The maximum absolute atomic E-state index is 13.1. The lowest BCUT2D eigenvalue weighted by Gasteiger charge is -2.29. The molecule has 0 saturated carbocycles. The zero-order valence-corrected chi connectivity index (χ0v) is 19.2. The fourth-order valence-corrected chi connectivity index (χ4v) is 5.02. The Morgan fingerprint density at radius 3 is 2.69 bits per heavy atom. The topological polar surface area (TPSA) is 115 Å². The third kappa shape index (κ3) is 4.28. The van der Waals surface area contributed by atoms with Gasteiger partial charge < -0.3 is 9.26 Å². The van der Waals surface area contributed by atoms with E-state index in [4.69, 9.17) is 20.9 Å². The van der Waals surface area contributed by atoms with Gasteiger partial charge in [0.25, 0.3) is 15.9 Å². The van der Waals surface area contributed by atoms with Gasteiger partial charge in [0.2, 0.25) is 5.89 Å². The summed E-state index contributed by atoms with van der Waals surface area (Å²) in [5.41, 5.74) is 2.58. The van der Waals surface area contributed by atoms with Crippen molar-refractivity contribution >= 4 is 38.9 Å². The number of amides is 1. The van der Waals surface area contributed by atoms with Crippen LogP contribution in [0.3, 0.4) is 0 Å². The van der Waals surface area contributed by atoms with Gasteiger partial charge in [0.1, 0.15) is 10.6 Å². The molecule has 168 valence electrons. The maximum atomic E-state index is 13.1. The van der Waals surface area contributed by atoms with Crippen LogP contribution in [0.5, 0.6) is 5.75 Å². The molecule has 1 aromatic heterocycles. The van der Waals surface area contributed by atoms with Gasteiger partial charge in [-0.15, -0.1) is 0 Å². The van der Waals surface area contributed by atoms with Crippen LogP contribution in [-0.4, -0.2) is 31.1 Å². The number of aryl methyl sites for hydroxylation is 3. The van der Waals surface area contributed by atoms with Gasteiger partial charge in [-0.2, -0.15) is 4.98 Å². The monoisotopic (exact) mass is 476 g/mol. The van der Waals surface area contributed by atoms with Crippen LogP contribution in [0.15, 0.2) is 39.8 Å². The van der Waals surface area contributed by atoms with Gasteiger partial charge in [-0.1, -0.05) is 41.4 Å². The van der Waals surface area contributed by atoms with Gasteiger partial charge in [0.05, 0.1) is 22.9 Å². The molecule has 0 unspecified atom stereocenters. The molecule has 0 saturated heterocycles. The SMILES string of the molecule is CCc1nc(CN2C(=O)COc3cc(S(=O)(=O)Nc4ccc(C)cc4C)c(Cl)cc32)no1. The number of hydrogen-bond acceptors (Lipinski definition) is 7. The lowest BCUT2D eigenvalue weighted by molar-refractivity contribution is -0.121. The second-order valence-electron chi connectivity index (χ2n) is 7.40. The van der Waals surface area contributed by atoms with E-state index in [-0.39, 0.29) is 34.7 Å². The number of sulfonamides is 1. The number of anilines is 2. The molecular formula is C21H21ClN4O5S. The summed E-state index contributed by atoms with van der Waals surface area (Å²) >= 11 is 6.36. The first-order chi connectivity index (χ1) is 15.2. The van der Waals surface area contributed by atoms with E-state index in [2.05, 4.69) is 14.9 Å². The molecule has 2 heterocycles. The summed E-state index contributed by atoms with van der Waals surface area (Å²) in [6, 6.07) is 8.09. The number of rotatable bonds is 6. The number of ether oxygens (including phenoxy) is 1. The molecule has 0 radical (unpaired) electrons. The van der Waals surface area contributed by atoms with Crippen molar-refractivity contribution in [3.63, 3.8) is 0 Å². The Labute approximate surface area is 190 Å². The smallest absolute Gasteiger partial charge is 0.265 e. The van der Waals surface area contributed by atoms with Crippen LogP contribution in [0.25, 0.3) is 0 Å².